The van der Waals surface area contributed by atoms with Gasteiger partial charge in [0.15, 0.2) is 0 Å². The number of nitrogens with two attached hydrogens (primary N) is 1. The highest BCUT2D eigenvalue weighted by Crippen LogP contribution is 2.24. The maximum absolute atomic E-state index is 13.9. The first kappa shape index (κ1) is 14.3. The molecule has 2 heterocycles. The summed E-state index contributed by atoms with van der Waals surface area (Å²) in [6.07, 6.45) is 1.58. The monoisotopic (exact) mass is 318 g/mol. The number of halogens is 2. The molecule has 0 fully saturated rings. The first-order valence-corrected chi connectivity index (χ1v) is 6.79. The standard InChI is InChI=1S/C14H12ClFN6/c1-8-10(19-13-6-12(15)20-14(17)21-13)7-18-22(8)11-5-3-2-4-9(11)16/h2-7H,1H3,(H3,17,19,20,21). The molecule has 3 N–H and O–H groups in total. The minimum absolute atomic E-state index is 0.0640. The first-order valence-electron chi connectivity index (χ1n) is 6.41. The van der Waals surface area contributed by atoms with Crippen LogP contribution >= 0.6 is 11.6 Å². The zero-order chi connectivity index (χ0) is 15.7. The van der Waals surface area contributed by atoms with E-state index in [1.807, 2.05) is 6.92 Å². The number of nitrogen functional groups attached to an aromatic ring is 1. The Hall–Kier alpha value is -2.67. The van der Waals surface area contributed by atoms with Crippen LogP contribution < -0.4 is 11.1 Å². The topological polar surface area (TPSA) is 81.7 Å². The molecule has 0 radical (unpaired) electrons. The van der Waals surface area contributed by atoms with Crippen molar-refractivity contribution < 1.29 is 4.39 Å². The normalized spacial score (nSPS) is 10.7. The van der Waals surface area contributed by atoms with E-state index in [0.717, 1.165) is 5.69 Å². The molecule has 3 aromatic rings. The summed E-state index contributed by atoms with van der Waals surface area (Å²) in [6, 6.07) is 7.95. The van der Waals surface area contributed by atoms with Crippen LogP contribution in [0.1, 0.15) is 5.69 Å². The highest BCUT2D eigenvalue weighted by atomic mass is 35.5. The summed E-state index contributed by atoms with van der Waals surface area (Å²) in [5, 5.41) is 7.47. The number of anilines is 3. The quantitative estimate of drug-likeness (QED) is 0.725. The van der Waals surface area contributed by atoms with E-state index in [1.165, 1.54) is 16.8 Å². The molecule has 0 amide bonds. The zero-order valence-corrected chi connectivity index (χ0v) is 12.3. The lowest BCUT2D eigenvalue weighted by atomic mass is 10.3. The number of nitrogens with one attached hydrogen (secondary N) is 1. The van der Waals surface area contributed by atoms with Crippen molar-refractivity contribution in [3.63, 3.8) is 0 Å². The predicted molar refractivity (Wildman–Crippen MR) is 83.0 cm³/mol. The van der Waals surface area contributed by atoms with Crippen LogP contribution in [0.25, 0.3) is 5.69 Å². The van der Waals surface area contributed by atoms with Crippen LogP contribution in [0.3, 0.4) is 0 Å². The Morgan fingerprint density at radius 2 is 2.05 bits per heavy atom. The smallest absolute Gasteiger partial charge is 0.223 e. The van der Waals surface area contributed by atoms with Crippen LogP contribution in [-0.4, -0.2) is 19.7 Å². The van der Waals surface area contributed by atoms with Crippen molar-refractivity contribution in [3.8, 4) is 5.69 Å². The average Bonchev–Trinajstić information content (AvgIpc) is 2.80. The molecule has 112 valence electrons. The van der Waals surface area contributed by atoms with E-state index in [2.05, 4.69) is 20.4 Å². The molecule has 2 aromatic heterocycles. The van der Waals surface area contributed by atoms with Gasteiger partial charge >= 0.3 is 0 Å². The summed E-state index contributed by atoms with van der Waals surface area (Å²) in [7, 11) is 0. The second-order valence-corrected chi connectivity index (χ2v) is 4.95. The van der Waals surface area contributed by atoms with Gasteiger partial charge in [-0.25, -0.2) is 14.1 Å². The molecule has 0 unspecified atom stereocenters. The van der Waals surface area contributed by atoms with Crippen molar-refractivity contribution in [1.29, 1.82) is 0 Å². The van der Waals surface area contributed by atoms with Gasteiger partial charge in [0, 0.05) is 6.07 Å². The largest absolute Gasteiger partial charge is 0.368 e. The molecule has 0 saturated carbocycles. The third-order valence-corrected chi connectivity index (χ3v) is 3.26. The number of aromatic nitrogens is 4. The molecule has 22 heavy (non-hydrogen) atoms. The van der Waals surface area contributed by atoms with Crippen LogP contribution in [0.5, 0.6) is 0 Å². The number of hydrogen-bond donors (Lipinski definition) is 2. The Kier molecular flexibility index (Phi) is 3.64. The van der Waals surface area contributed by atoms with Gasteiger partial charge in [-0.1, -0.05) is 23.7 Å². The summed E-state index contributed by atoms with van der Waals surface area (Å²) in [4.78, 5) is 7.81. The Labute approximate surface area is 130 Å². The van der Waals surface area contributed by atoms with Crippen LogP contribution in [0.4, 0.5) is 21.8 Å². The molecule has 0 aliphatic carbocycles. The van der Waals surface area contributed by atoms with Gasteiger partial charge in [-0.2, -0.15) is 10.1 Å². The summed E-state index contributed by atoms with van der Waals surface area (Å²) in [5.41, 5.74) is 7.30. The Balaban J connectivity index is 1.96. The number of nitrogens with zero attached hydrogens (tertiary/aromatic N) is 4. The number of benzene rings is 1. The maximum Gasteiger partial charge on any atom is 0.223 e. The number of hydrogen-bond acceptors (Lipinski definition) is 5. The van der Waals surface area contributed by atoms with Gasteiger partial charge in [-0.3, -0.25) is 0 Å². The molecular weight excluding hydrogens is 307 g/mol. The second kappa shape index (κ2) is 5.61. The van der Waals surface area contributed by atoms with Gasteiger partial charge in [0.25, 0.3) is 0 Å². The van der Waals surface area contributed by atoms with Gasteiger partial charge < -0.3 is 11.1 Å². The molecule has 8 heteroatoms. The zero-order valence-electron chi connectivity index (χ0n) is 11.6. The summed E-state index contributed by atoms with van der Waals surface area (Å²) >= 11 is 5.84. The molecule has 6 nitrogen and oxygen atoms in total. The lowest BCUT2D eigenvalue weighted by molar-refractivity contribution is 0.608. The Morgan fingerprint density at radius 1 is 1.27 bits per heavy atom. The van der Waals surface area contributed by atoms with Crippen molar-refractivity contribution in [2.75, 3.05) is 11.1 Å². The molecular formula is C14H12ClFN6. The molecule has 0 spiro atoms. The summed E-state index contributed by atoms with van der Waals surface area (Å²) in [5.74, 6) is 0.150. The number of para-hydroxylation sites is 1. The molecule has 3 rings (SSSR count). The lowest BCUT2D eigenvalue weighted by Crippen LogP contribution is -2.03. The van der Waals surface area contributed by atoms with Crippen LogP contribution in [-0.2, 0) is 0 Å². The summed E-state index contributed by atoms with van der Waals surface area (Å²) in [6.45, 7) is 1.81. The van der Waals surface area contributed by atoms with Crippen LogP contribution in [0, 0.1) is 12.7 Å². The highest BCUT2D eigenvalue weighted by Gasteiger charge is 2.12. The van der Waals surface area contributed by atoms with Crippen molar-refractivity contribution >= 4 is 29.1 Å². The van der Waals surface area contributed by atoms with E-state index in [9.17, 15) is 4.39 Å². The molecule has 0 atom stereocenters. The number of rotatable bonds is 3. The molecule has 0 aliphatic rings. The minimum atomic E-state index is -0.352. The lowest BCUT2D eigenvalue weighted by Gasteiger charge is -2.08. The van der Waals surface area contributed by atoms with Crippen molar-refractivity contribution in [2.24, 2.45) is 0 Å². The Bertz CT molecular complexity index is 812. The first-order chi connectivity index (χ1) is 10.5. The van der Waals surface area contributed by atoms with E-state index >= 15 is 0 Å². The van der Waals surface area contributed by atoms with E-state index < -0.39 is 0 Å². The second-order valence-electron chi connectivity index (χ2n) is 4.57. The molecule has 0 bridgehead atoms. The summed E-state index contributed by atoms with van der Waals surface area (Å²) < 4.78 is 15.4. The van der Waals surface area contributed by atoms with Gasteiger partial charge in [0.2, 0.25) is 5.95 Å². The van der Waals surface area contributed by atoms with Crippen LogP contribution in [0.15, 0.2) is 36.5 Å². The van der Waals surface area contributed by atoms with Crippen molar-refractivity contribution in [1.82, 2.24) is 19.7 Å². The average molecular weight is 319 g/mol. The third-order valence-electron chi connectivity index (χ3n) is 3.07. The van der Waals surface area contributed by atoms with Gasteiger partial charge in [0.05, 0.1) is 17.6 Å². The van der Waals surface area contributed by atoms with E-state index in [-0.39, 0.29) is 16.9 Å². The van der Waals surface area contributed by atoms with Gasteiger partial charge in [-0.15, -0.1) is 0 Å². The Morgan fingerprint density at radius 3 is 2.77 bits per heavy atom. The predicted octanol–water partition coefficient (Wildman–Crippen LogP) is 3.09. The fourth-order valence-electron chi connectivity index (χ4n) is 2.04. The minimum Gasteiger partial charge on any atom is -0.368 e. The fourth-order valence-corrected chi connectivity index (χ4v) is 2.23. The van der Waals surface area contributed by atoms with E-state index in [0.29, 0.717) is 17.2 Å². The van der Waals surface area contributed by atoms with Gasteiger partial charge in [-0.05, 0) is 19.1 Å². The highest BCUT2D eigenvalue weighted by molar-refractivity contribution is 6.29. The molecule has 1 aromatic carbocycles. The molecule has 0 saturated heterocycles. The van der Waals surface area contributed by atoms with E-state index in [1.54, 1.807) is 24.4 Å². The SMILES string of the molecule is Cc1c(Nc2cc(Cl)nc(N)n2)cnn1-c1ccccc1F. The fraction of sp³-hybridized carbons (Fsp3) is 0.0714. The maximum atomic E-state index is 13.9. The van der Waals surface area contributed by atoms with Crippen LogP contribution in [0.2, 0.25) is 5.15 Å². The van der Waals surface area contributed by atoms with E-state index in [4.69, 9.17) is 17.3 Å². The van der Waals surface area contributed by atoms with Crippen molar-refractivity contribution in [3.05, 3.63) is 53.2 Å². The molecule has 0 aliphatic heterocycles. The van der Waals surface area contributed by atoms with Gasteiger partial charge in [0.1, 0.15) is 22.5 Å². The van der Waals surface area contributed by atoms with Crippen molar-refractivity contribution in [2.45, 2.75) is 6.92 Å². The third kappa shape index (κ3) is 2.71.